The van der Waals surface area contributed by atoms with Crippen molar-refractivity contribution in [1.82, 2.24) is 4.72 Å². The normalized spacial score (nSPS) is 13.3. The van der Waals surface area contributed by atoms with E-state index >= 15 is 0 Å². The van der Waals surface area contributed by atoms with Gasteiger partial charge in [-0.05, 0) is 25.0 Å². The van der Waals surface area contributed by atoms with Crippen LogP contribution in [0.3, 0.4) is 0 Å². The third kappa shape index (κ3) is 4.84. The first-order valence-corrected chi connectivity index (χ1v) is 7.85. The van der Waals surface area contributed by atoms with Gasteiger partial charge in [-0.25, -0.2) is 13.1 Å². The first-order valence-electron chi connectivity index (χ1n) is 5.66. The van der Waals surface area contributed by atoms with E-state index in [4.69, 9.17) is 16.3 Å². The number of hydrogen-bond donors (Lipinski definition) is 1. The van der Waals surface area contributed by atoms with Crippen LogP contribution in [-0.2, 0) is 16.4 Å². The second-order valence-electron chi connectivity index (χ2n) is 4.04. The average molecular weight is 292 g/mol. The van der Waals surface area contributed by atoms with Gasteiger partial charge in [0.1, 0.15) is 5.75 Å². The van der Waals surface area contributed by atoms with Crippen molar-refractivity contribution in [3.05, 3.63) is 29.8 Å². The maximum Gasteiger partial charge on any atom is 0.213 e. The van der Waals surface area contributed by atoms with Crippen molar-refractivity contribution >= 4 is 21.6 Å². The first kappa shape index (κ1) is 15.3. The lowest BCUT2D eigenvalue weighted by Crippen LogP contribution is -2.36. The van der Waals surface area contributed by atoms with Crippen LogP contribution in [0.4, 0.5) is 0 Å². The zero-order chi connectivity index (χ0) is 13.6. The number of nitrogens with one attached hydrogen (secondary N) is 1. The molecule has 0 bridgehead atoms. The fourth-order valence-electron chi connectivity index (χ4n) is 1.71. The SMILES string of the molecule is COc1ccccc1CC(C)NS(=O)(=O)CCCl. The summed E-state index contributed by atoms with van der Waals surface area (Å²) in [7, 11) is -1.69. The predicted molar refractivity (Wildman–Crippen MR) is 73.8 cm³/mol. The Hall–Kier alpha value is -0.780. The molecule has 0 spiro atoms. The number of alkyl halides is 1. The number of para-hydroxylation sites is 1. The Morgan fingerprint density at radius 3 is 2.67 bits per heavy atom. The highest BCUT2D eigenvalue weighted by molar-refractivity contribution is 7.89. The molecular weight excluding hydrogens is 274 g/mol. The number of sulfonamides is 1. The number of hydrogen-bond acceptors (Lipinski definition) is 3. The van der Waals surface area contributed by atoms with Crippen molar-refractivity contribution in [1.29, 1.82) is 0 Å². The van der Waals surface area contributed by atoms with Gasteiger partial charge in [0.2, 0.25) is 10.0 Å². The van der Waals surface area contributed by atoms with Gasteiger partial charge >= 0.3 is 0 Å². The Morgan fingerprint density at radius 2 is 2.06 bits per heavy atom. The smallest absolute Gasteiger partial charge is 0.213 e. The Labute approximate surface area is 113 Å². The van der Waals surface area contributed by atoms with Gasteiger partial charge in [-0.3, -0.25) is 0 Å². The highest BCUT2D eigenvalue weighted by Crippen LogP contribution is 2.18. The van der Waals surface area contributed by atoms with Crippen molar-refractivity contribution in [3.63, 3.8) is 0 Å². The molecule has 1 aromatic rings. The third-order valence-electron chi connectivity index (χ3n) is 2.45. The van der Waals surface area contributed by atoms with Crippen LogP contribution < -0.4 is 9.46 Å². The molecule has 0 aliphatic carbocycles. The number of halogens is 1. The van der Waals surface area contributed by atoms with Crippen molar-refractivity contribution in [2.75, 3.05) is 18.7 Å². The van der Waals surface area contributed by atoms with Gasteiger partial charge in [0, 0.05) is 11.9 Å². The zero-order valence-electron chi connectivity index (χ0n) is 10.5. The number of methoxy groups -OCH3 is 1. The van der Waals surface area contributed by atoms with Gasteiger partial charge in [-0.15, -0.1) is 11.6 Å². The maximum absolute atomic E-state index is 11.6. The lowest BCUT2D eigenvalue weighted by molar-refractivity contribution is 0.407. The van der Waals surface area contributed by atoms with Crippen LogP contribution in [0.1, 0.15) is 12.5 Å². The largest absolute Gasteiger partial charge is 0.496 e. The van der Waals surface area contributed by atoms with E-state index in [0.29, 0.717) is 6.42 Å². The molecule has 18 heavy (non-hydrogen) atoms. The summed E-state index contributed by atoms with van der Waals surface area (Å²) in [6.07, 6.45) is 0.575. The molecule has 1 atom stereocenters. The summed E-state index contributed by atoms with van der Waals surface area (Å²) < 4.78 is 30.9. The molecule has 1 rings (SSSR count). The fraction of sp³-hybridized carbons (Fsp3) is 0.500. The van der Waals surface area contributed by atoms with Crippen molar-refractivity contribution in [2.45, 2.75) is 19.4 Å². The lowest BCUT2D eigenvalue weighted by Gasteiger charge is -2.15. The van der Waals surface area contributed by atoms with E-state index in [-0.39, 0.29) is 17.7 Å². The van der Waals surface area contributed by atoms with Crippen LogP contribution >= 0.6 is 11.6 Å². The first-order chi connectivity index (χ1) is 8.48. The highest BCUT2D eigenvalue weighted by atomic mass is 35.5. The van der Waals surface area contributed by atoms with E-state index in [1.807, 2.05) is 31.2 Å². The van der Waals surface area contributed by atoms with Crippen LogP contribution in [0.5, 0.6) is 5.75 Å². The molecule has 0 radical (unpaired) electrons. The summed E-state index contributed by atoms with van der Waals surface area (Å²) in [5, 5.41) is 0. The van der Waals surface area contributed by atoms with Crippen LogP contribution in [0.15, 0.2) is 24.3 Å². The molecule has 0 amide bonds. The van der Waals surface area contributed by atoms with E-state index in [2.05, 4.69) is 4.72 Å². The third-order valence-corrected chi connectivity index (χ3v) is 4.36. The molecule has 102 valence electrons. The number of ether oxygens (including phenoxy) is 1. The van der Waals surface area contributed by atoms with Crippen molar-refractivity contribution in [2.24, 2.45) is 0 Å². The predicted octanol–water partition coefficient (Wildman–Crippen LogP) is 1.78. The molecule has 0 aliphatic rings. The summed E-state index contributed by atoms with van der Waals surface area (Å²) >= 11 is 5.44. The molecule has 6 heteroatoms. The van der Waals surface area contributed by atoms with Crippen LogP contribution in [-0.4, -0.2) is 33.2 Å². The minimum Gasteiger partial charge on any atom is -0.496 e. The summed E-state index contributed by atoms with van der Waals surface area (Å²) in [6, 6.07) is 7.36. The van der Waals surface area contributed by atoms with Gasteiger partial charge in [0.05, 0.1) is 12.9 Å². The highest BCUT2D eigenvalue weighted by Gasteiger charge is 2.15. The zero-order valence-corrected chi connectivity index (χ0v) is 12.1. The standard InChI is InChI=1S/C12H18ClNO3S/c1-10(14-18(15,16)8-7-13)9-11-5-3-4-6-12(11)17-2/h3-6,10,14H,7-9H2,1-2H3. The van der Waals surface area contributed by atoms with E-state index in [9.17, 15) is 8.42 Å². The van der Waals surface area contributed by atoms with Crippen molar-refractivity contribution < 1.29 is 13.2 Å². The van der Waals surface area contributed by atoms with E-state index in [1.165, 1.54) is 0 Å². The molecule has 4 nitrogen and oxygen atoms in total. The summed E-state index contributed by atoms with van der Waals surface area (Å²) in [4.78, 5) is 0. The number of benzene rings is 1. The van der Waals surface area contributed by atoms with Gasteiger partial charge in [-0.1, -0.05) is 18.2 Å². The summed E-state index contributed by atoms with van der Waals surface area (Å²) in [6.45, 7) is 1.82. The Bertz CT molecular complexity index is 476. The van der Waals surface area contributed by atoms with E-state index in [0.717, 1.165) is 11.3 Å². The molecule has 0 fully saturated rings. The van der Waals surface area contributed by atoms with E-state index < -0.39 is 10.0 Å². The summed E-state index contributed by atoms with van der Waals surface area (Å²) in [5.74, 6) is 0.794. The second kappa shape index (κ2) is 6.97. The van der Waals surface area contributed by atoms with Gasteiger partial charge in [-0.2, -0.15) is 0 Å². The molecule has 0 saturated carbocycles. The van der Waals surface area contributed by atoms with Crippen LogP contribution in [0.25, 0.3) is 0 Å². The van der Waals surface area contributed by atoms with Crippen LogP contribution in [0, 0.1) is 0 Å². The molecule has 1 unspecified atom stereocenters. The van der Waals surface area contributed by atoms with Crippen LogP contribution in [0.2, 0.25) is 0 Å². The molecule has 0 saturated heterocycles. The Morgan fingerprint density at radius 1 is 1.39 bits per heavy atom. The lowest BCUT2D eigenvalue weighted by atomic mass is 10.1. The van der Waals surface area contributed by atoms with Gasteiger partial charge in [0.25, 0.3) is 0 Å². The topological polar surface area (TPSA) is 55.4 Å². The molecular formula is C12H18ClNO3S. The molecule has 1 N–H and O–H groups in total. The number of rotatable bonds is 7. The Kier molecular flexibility index (Phi) is 5.91. The molecule has 0 aliphatic heterocycles. The monoisotopic (exact) mass is 291 g/mol. The van der Waals surface area contributed by atoms with Gasteiger partial charge < -0.3 is 4.74 Å². The van der Waals surface area contributed by atoms with Crippen molar-refractivity contribution in [3.8, 4) is 5.75 Å². The summed E-state index contributed by atoms with van der Waals surface area (Å²) in [5.41, 5.74) is 0.973. The van der Waals surface area contributed by atoms with Gasteiger partial charge in [0.15, 0.2) is 0 Å². The fourth-order valence-corrected chi connectivity index (χ4v) is 3.34. The maximum atomic E-state index is 11.6. The quantitative estimate of drug-likeness (QED) is 0.779. The Balaban J connectivity index is 2.67. The van der Waals surface area contributed by atoms with E-state index in [1.54, 1.807) is 7.11 Å². The molecule has 1 aromatic carbocycles. The average Bonchev–Trinajstić information content (AvgIpc) is 2.28. The minimum absolute atomic E-state index is 0.0647. The molecule has 0 heterocycles. The second-order valence-corrected chi connectivity index (χ2v) is 6.29. The molecule has 0 aromatic heterocycles. The minimum atomic E-state index is -3.29.